The Hall–Kier alpha value is -2.64. The smallest absolute Gasteiger partial charge is 0.258 e. The van der Waals surface area contributed by atoms with Gasteiger partial charge in [0.25, 0.3) is 5.91 Å². The number of nitrogens with one attached hydrogen (secondary N) is 1. The topological polar surface area (TPSA) is 58.6 Å². The molecule has 0 radical (unpaired) electrons. The molecule has 166 valence electrons. The molecule has 4 aliphatic rings. The first-order chi connectivity index (χ1) is 15.2. The average molecular weight is 479 g/mol. The summed E-state index contributed by atoms with van der Waals surface area (Å²) in [5.41, 5.74) is 0.750. The molecule has 2 bridgehead atoms. The zero-order valence-electron chi connectivity index (χ0n) is 16.8. The summed E-state index contributed by atoms with van der Waals surface area (Å²) in [7, 11) is 0. The van der Waals surface area contributed by atoms with Crippen molar-refractivity contribution in [1.82, 2.24) is 10.2 Å². The summed E-state index contributed by atoms with van der Waals surface area (Å²) in [6.07, 6.45) is 3.50. The SMILES string of the molecule is O=C(COc1ccc(Cl)c(F)c1)NC12CC(N3CC(c4ccc(Cl)c(F)c4)=CC3=O)(C1)C2. The number of hydrogen-bond acceptors (Lipinski definition) is 3. The first-order valence-electron chi connectivity index (χ1n) is 10.1. The standard InChI is InChI=1S/C23H18Cl2F2N2O3/c24-16-3-1-13(5-18(16)26)14-6-21(31)29(8-14)23-10-22(11-23,12-23)28-20(30)9-32-15-2-4-17(25)19(27)7-15/h1-7H,8-12H2,(H,28,30). The van der Waals surface area contributed by atoms with Gasteiger partial charge in [-0.15, -0.1) is 0 Å². The summed E-state index contributed by atoms with van der Waals surface area (Å²) < 4.78 is 32.6. The number of carbonyl (C=O) groups excluding carboxylic acids is 2. The lowest BCUT2D eigenvalue weighted by molar-refractivity contribution is -0.184. The molecule has 3 fully saturated rings. The van der Waals surface area contributed by atoms with Gasteiger partial charge in [-0.1, -0.05) is 29.3 Å². The molecule has 6 rings (SSSR count). The van der Waals surface area contributed by atoms with Gasteiger partial charge in [0.15, 0.2) is 6.61 Å². The number of ether oxygens (including phenoxy) is 1. The van der Waals surface area contributed by atoms with Crippen molar-refractivity contribution in [3.05, 3.63) is 69.7 Å². The van der Waals surface area contributed by atoms with Crippen LogP contribution in [0, 0.1) is 11.6 Å². The second-order valence-electron chi connectivity index (χ2n) is 8.67. The number of nitrogens with zero attached hydrogens (tertiary/aromatic N) is 1. The van der Waals surface area contributed by atoms with Crippen molar-refractivity contribution < 1.29 is 23.1 Å². The first kappa shape index (κ1) is 21.2. The molecule has 9 heteroatoms. The number of benzene rings is 2. The maximum Gasteiger partial charge on any atom is 0.258 e. The summed E-state index contributed by atoms with van der Waals surface area (Å²) in [5.74, 6) is -1.33. The normalized spacial score (nSPS) is 25.7. The largest absolute Gasteiger partial charge is 0.484 e. The quantitative estimate of drug-likeness (QED) is 0.670. The highest BCUT2D eigenvalue weighted by molar-refractivity contribution is 6.31. The van der Waals surface area contributed by atoms with E-state index in [1.165, 1.54) is 30.3 Å². The molecule has 2 aromatic carbocycles. The molecule has 32 heavy (non-hydrogen) atoms. The zero-order chi connectivity index (χ0) is 22.7. The second kappa shape index (κ2) is 7.46. The van der Waals surface area contributed by atoms with Crippen molar-refractivity contribution in [2.24, 2.45) is 0 Å². The van der Waals surface area contributed by atoms with Gasteiger partial charge in [-0.3, -0.25) is 9.59 Å². The molecule has 0 atom stereocenters. The maximum atomic E-state index is 13.8. The van der Waals surface area contributed by atoms with E-state index >= 15 is 0 Å². The Balaban J connectivity index is 1.14. The fourth-order valence-corrected chi connectivity index (χ4v) is 5.23. The number of halogens is 4. The number of amides is 2. The van der Waals surface area contributed by atoms with Crippen molar-refractivity contribution in [3.63, 3.8) is 0 Å². The van der Waals surface area contributed by atoms with Crippen LogP contribution in [0.1, 0.15) is 24.8 Å². The van der Waals surface area contributed by atoms with E-state index in [1.54, 1.807) is 11.0 Å². The summed E-state index contributed by atoms with van der Waals surface area (Å²) in [5, 5.41) is 2.99. The molecule has 3 aliphatic carbocycles. The van der Waals surface area contributed by atoms with Crippen LogP contribution in [0.3, 0.4) is 0 Å². The molecule has 0 saturated heterocycles. The summed E-state index contributed by atoms with van der Waals surface area (Å²) in [6, 6.07) is 8.49. The average Bonchev–Trinajstić information content (AvgIpc) is 3.08. The van der Waals surface area contributed by atoms with Crippen molar-refractivity contribution in [2.45, 2.75) is 30.3 Å². The van der Waals surface area contributed by atoms with Crippen molar-refractivity contribution in [1.29, 1.82) is 0 Å². The number of carbonyl (C=O) groups is 2. The molecule has 1 N–H and O–H groups in total. The van der Waals surface area contributed by atoms with Crippen LogP contribution < -0.4 is 10.1 Å². The van der Waals surface area contributed by atoms with Crippen LogP contribution in [-0.2, 0) is 9.59 Å². The van der Waals surface area contributed by atoms with Gasteiger partial charge in [0.1, 0.15) is 17.4 Å². The lowest BCUT2D eigenvalue weighted by Crippen LogP contribution is -2.84. The summed E-state index contributed by atoms with van der Waals surface area (Å²) in [6.45, 7) is 0.154. The van der Waals surface area contributed by atoms with Crippen LogP contribution in [0.25, 0.3) is 5.57 Å². The van der Waals surface area contributed by atoms with Crippen molar-refractivity contribution in [2.75, 3.05) is 13.2 Å². The highest BCUT2D eigenvalue weighted by Gasteiger charge is 2.72. The van der Waals surface area contributed by atoms with Crippen LogP contribution in [-0.4, -0.2) is 40.9 Å². The number of rotatable bonds is 6. The first-order valence-corrected chi connectivity index (χ1v) is 10.8. The Kier molecular flexibility index (Phi) is 4.94. The molecule has 2 aromatic rings. The van der Waals surface area contributed by atoms with Gasteiger partial charge in [-0.05, 0) is 54.7 Å². The van der Waals surface area contributed by atoms with Gasteiger partial charge in [-0.2, -0.15) is 0 Å². The van der Waals surface area contributed by atoms with E-state index in [0.717, 1.165) is 11.6 Å². The van der Waals surface area contributed by atoms with E-state index in [0.29, 0.717) is 31.4 Å². The van der Waals surface area contributed by atoms with Crippen molar-refractivity contribution in [3.8, 4) is 5.75 Å². The van der Waals surface area contributed by atoms with Crippen LogP contribution in [0.2, 0.25) is 10.0 Å². The van der Waals surface area contributed by atoms with Gasteiger partial charge in [0.2, 0.25) is 5.91 Å². The fourth-order valence-electron chi connectivity index (χ4n) is 4.99. The Morgan fingerprint density at radius 1 is 1.06 bits per heavy atom. The van der Waals surface area contributed by atoms with Gasteiger partial charge in [-0.25, -0.2) is 8.78 Å². The molecule has 2 amide bonds. The predicted octanol–water partition coefficient (Wildman–Crippen LogP) is 4.37. The van der Waals surface area contributed by atoms with Crippen LogP contribution in [0.15, 0.2) is 42.5 Å². The predicted molar refractivity (Wildman–Crippen MR) is 115 cm³/mol. The maximum absolute atomic E-state index is 13.8. The van der Waals surface area contributed by atoms with Gasteiger partial charge in [0.05, 0.1) is 15.6 Å². The lowest BCUT2D eigenvalue weighted by Gasteiger charge is -2.73. The van der Waals surface area contributed by atoms with Crippen molar-refractivity contribution >= 4 is 40.6 Å². The Morgan fingerprint density at radius 3 is 2.38 bits per heavy atom. The summed E-state index contributed by atoms with van der Waals surface area (Å²) >= 11 is 11.4. The minimum Gasteiger partial charge on any atom is -0.484 e. The molecule has 1 heterocycles. The highest BCUT2D eigenvalue weighted by atomic mass is 35.5. The molecule has 0 spiro atoms. The molecular weight excluding hydrogens is 461 g/mol. The number of hydrogen-bond donors (Lipinski definition) is 1. The molecule has 3 saturated carbocycles. The molecule has 5 nitrogen and oxygen atoms in total. The van der Waals surface area contributed by atoms with Gasteiger partial charge < -0.3 is 15.0 Å². The zero-order valence-corrected chi connectivity index (χ0v) is 18.3. The van der Waals surface area contributed by atoms with Gasteiger partial charge in [0, 0.05) is 24.2 Å². The monoisotopic (exact) mass is 478 g/mol. The molecule has 0 unspecified atom stereocenters. The highest BCUT2D eigenvalue weighted by Crippen LogP contribution is 2.64. The van der Waals surface area contributed by atoms with E-state index in [4.69, 9.17) is 27.9 Å². The lowest BCUT2D eigenvalue weighted by atomic mass is 9.43. The summed E-state index contributed by atoms with van der Waals surface area (Å²) in [4.78, 5) is 26.7. The Labute approximate surface area is 192 Å². The third-order valence-electron chi connectivity index (χ3n) is 6.42. The third-order valence-corrected chi connectivity index (χ3v) is 7.04. The Bertz CT molecular complexity index is 1160. The van der Waals surface area contributed by atoms with Gasteiger partial charge >= 0.3 is 0 Å². The van der Waals surface area contributed by atoms with E-state index in [2.05, 4.69) is 5.32 Å². The molecule has 1 aliphatic heterocycles. The fraction of sp³-hybridized carbons (Fsp3) is 0.304. The van der Waals surface area contributed by atoms with E-state index in [9.17, 15) is 18.4 Å². The van der Waals surface area contributed by atoms with Crippen LogP contribution in [0.5, 0.6) is 5.75 Å². The van der Waals surface area contributed by atoms with Crippen LogP contribution >= 0.6 is 23.2 Å². The minimum atomic E-state index is -0.615. The second-order valence-corrected chi connectivity index (χ2v) is 9.49. The van der Waals surface area contributed by atoms with E-state index in [1.807, 2.05) is 0 Å². The molecule has 0 aromatic heterocycles. The third kappa shape index (κ3) is 3.53. The molecular formula is C23H18Cl2F2N2O3. The van der Waals surface area contributed by atoms with E-state index in [-0.39, 0.29) is 45.3 Å². The minimum absolute atomic E-state index is 0.0173. The van der Waals surface area contributed by atoms with E-state index < -0.39 is 11.6 Å². The Morgan fingerprint density at radius 2 is 1.72 bits per heavy atom. The van der Waals surface area contributed by atoms with Crippen LogP contribution in [0.4, 0.5) is 8.78 Å².